The van der Waals surface area contributed by atoms with Gasteiger partial charge in [0, 0.05) is 100 Å². The van der Waals surface area contributed by atoms with E-state index in [1.165, 1.54) is 9.13 Å². The van der Waals surface area contributed by atoms with E-state index < -0.39 is 139 Å². The first kappa shape index (κ1) is 53.8. The average molecular weight is 1580 g/mol. The number of benzene rings is 17. The van der Waals surface area contributed by atoms with E-state index in [-0.39, 0.29) is 82.9 Å². The van der Waals surface area contributed by atoms with Crippen LogP contribution >= 0.6 is 0 Å². The van der Waals surface area contributed by atoms with E-state index in [9.17, 15) is 23.3 Å². The van der Waals surface area contributed by atoms with Gasteiger partial charge in [-0.25, -0.2) is 0 Å². The molecule has 0 amide bonds. The zero-order valence-electron chi connectivity index (χ0n) is 89.1. The summed E-state index contributed by atoms with van der Waals surface area (Å²) in [4.78, 5) is 6.06. The third kappa shape index (κ3) is 12.1. The fourth-order valence-electron chi connectivity index (χ4n) is 18.3. The number of hydrogen-bond acceptors (Lipinski definition) is 3. The molecule has 0 spiro atoms. The Hall–Kier alpha value is -14.4. The average Bonchev–Trinajstić information content (AvgIpc) is 1.10. The van der Waals surface area contributed by atoms with Crippen LogP contribution in [0.5, 0.6) is 0 Å². The molecule has 0 bridgehead atoms. The van der Waals surface area contributed by atoms with E-state index in [0.29, 0.717) is 45.0 Å². The topological polar surface area (TPSA) is 24.5 Å². The fraction of sp³-hybridized carbons (Fsp3) is 0.105. The molecule has 22 rings (SSSR count). The highest BCUT2D eigenvalue weighted by Crippen LogP contribution is 2.55. The molecule has 3 aromatic heterocycles. The van der Waals surface area contributed by atoms with Crippen LogP contribution in [-0.4, -0.2) is 20.4 Å². The minimum Gasteiger partial charge on any atom is -0.311 e. The summed E-state index contributed by atoms with van der Waals surface area (Å²) in [6.45, 7) is 18.9. The van der Waals surface area contributed by atoms with Gasteiger partial charge in [-0.1, -0.05) is 299 Å². The summed E-state index contributed by atoms with van der Waals surface area (Å²) >= 11 is 0. The zero-order valence-corrected chi connectivity index (χ0v) is 68.1. The molecular formula is C114H91BN6. The number of anilines is 9. The lowest BCUT2D eigenvalue weighted by Gasteiger charge is -2.46. The van der Waals surface area contributed by atoms with Gasteiger partial charge < -0.3 is 28.4 Å². The van der Waals surface area contributed by atoms with Crippen molar-refractivity contribution in [2.75, 3.05) is 14.7 Å². The standard InChI is InChI=1S/C114H91BN6/c1-112(2,3)80-51-61-104-96(66-80)97-67-81(113(4,5)6)52-62-105(97)119(104)86-57-59-98-106(70-86)120(88-64-78(74-33-15-10-16-34-74)63-79(65-88)75-35-17-11-18-36-75)108-72-89(116(83-41-23-14-24-42-83)84-53-55-85(56-54-84)117-100-47-29-25-43-90(100)91-44-26-30-48-101(91)117)73-109-110(108)115(98)99-60-58-87(118-102-49-31-27-45-92(102)93-46-28-32-50-103(93)118)71-107(99)121(109)111-94(76-37-19-12-20-38-76)68-82(114(7,8)9)69-95(111)77-39-21-13-22-40-77/h10-73H,1-9H3/i14D,23D,24D,25D,26D,27D,28D,29D,30D,31D,32D,41D,42D,43D,44D,45D,46D,47D,48D,49D,50D. The quantitative estimate of drug-likeness (QED) is 0.114. The summed E-state index contributed by atoms with van der Waals surface area (Å²) in [6.07, 6.45) is 0. The predicted molar refractivity (Wildman–Crippen MR) is 516 cm³/mol. The highest BCUT2D eigenvalue weighted by Gasteiger charge is 2.46. The third-order valence-electron chi connectivity index (χ3n) is 24.2. The van der Waals surface area contributed by atoms with Crippen molar-refractivity contribution in [3.05, 3.63) is 404 Å². The van der Waals surface area contributed by atoms with Gasteiger partial charge in [-0.2, -0.15) is 0 Å². The molecule has 5 heterocycles. The Labute approximate surface area is 737 Å². The Morgan fingerprint density at radius 2 is 0.636 bits per heavy atom. The largest absolute Gasteiger partial charge is 0.311 e. The summed E-state index contributed by atoms with van der Waals surface area (Å²) in [7, 11) is 0. The van der Waals surface area contributed by atoms with Gasteiger partial charge in [0.15, 0.2) is 0 Å². The fourth-order valence-corrected chi connectivity index (χ4v) is 18.3. The van der Waals surface area contributed by atoms with Crippen molar-refractivity contribution in [3.63, 3.8) is 0 Å². The van der Waals surface area contributed by atoms with Crippen LogP contribution in [0.1, 0.15) is 108 Å². The number of hydrogen-bond donors (Lipinski definition) is 0. The van der Waals surface area contributed by atoms with Gasteiger partial charge in [0.25, 0.3) is 6.71 Å². The van der Waals surface area contributed by atoms with Gasteiger partial charge in [0.05, 0.1) is 73.3 Å². The highest BCUT2D eigenvalue weighted by molar-refractivity contribution is 7.00. The molecule has 0 unspecified atom stereocenters. The van der Waals surface area contributed by atoms with Gasteiger partial charge in [0.1, 0.15) is 0 Å². The smallest absolute Gasteiger partial charge is 0.252 e. The lowest BCUT2D eigenvalue weighted by molar-refractivity contribution is 0.590. The summed E-state index contributed by atoms with van der Waals surface area (Å²) in [5.41, 5.74) is 16.5. The molecule has 7 heteroatoms. The van der Waals surface area contributed by atoms with Gasteiger partial charge in [-0.05, 0) is 234 Å². The van der Waals surface area contributed by atoms with Crippen LogP contribution in [0, 0.1) is 0 Å². The predicted octanol–water partition coefficient (Wildman–Crippen LogP) is 29.1. The Morgan fingerprint density at radius 1 is 0.256 bits per heavy atom. The summed E-state index contributed by atoms with van der Waals surface area (Å²) in [5.74, 6) is 0. The summed E-state index contributed by atoms with van der Waals surface area (Å²) in [5, 5.41) is 1.49. The Kier molecular flexibility index (Phi) is 12.5. The number of nitrogens with zero attached hydrogens (tertiary/aromatic N) is 6. The van der Waals surface area contributed by atoms with Crippen molar-refractivity contribution in [1.29, 1.82) is 0 Å². The molecule has 2 aliphatic rings. The molecule has 17 aromatic carbocycles. The Morgan fingerprint density at radius 3 is 1.07 bits per heavy atom. The third-order valence-corrected chi connectivity index (χ3v) is 24.2. The second-order valence-electron chi connectivity index (χ2n) is 34.6. The normalized spacial score (nSPS) is 15.2. The minimum atomic E-state index is -0.878. The molecule has 6 nitrogen and oxygen atoms in total. The molecule has 0 radical (unpaired) electrons. The maximum atomic E-state index is 10.5. The van der Waals surface area contributed by atoms with Crippen molar-refractivity contribution >= 4 is 140 Å². The van der Waals surface area contributed by atoms with E-state index in [1.807, 2.05) is 127 Å². The van der Waals surface area contributed by atoms with Crippen molar-refractivity contribution in [2.45, 2.75) is 78.6 Å². The molecular weight excluding hydrogens is 1460 g/mol. The number of fused-ring (bicyclic) bond motifs is 13. The molecule has 0 saturated heterocycles. The lowest BCUT2D eigenvalue weighted by Crippen LogP contribution is -2.61. The van der Waals surface area contributed by atoms with E-state index in [2.05, 4.69) is 186 Å². The molecule has 0 aliphatic carbocycles. The lowest BCUT2D eigenvalue weighted by atomic mass is 9.33. The Balaban J connectivity index is 0.952. The molecule has 121 heavy (non-hydrogen) atoms. The van der Waals surface area contributed by atoms with Crippen LogP contribution in [0.25, 0.3) is 127 Å². The van der Waals surface area contributed by atoms with E-state index in [4.69, 9.17) is 5.48 Å². The SMILES string of the molecule is [2H]c1c([2H])c([2H])c(N(c2ccc(-n3c4c([2H])c([2H])c([2H])c([2H])c4c4c([2H])c([2H])c([2H])c([2H])c43)cc2)c2cc3c4c(c2)N(c2c(-c5ccccc5)cc(C(C)(C)C)cc2-c2ccccc2)c2cc(-n5c6c([2H])c([2H])c([2H])c([2H])c6c6c([2H])c([2H])c([2H])c([2H])c65)ccc2B4c2ccc(-n4c5ccc(C(C)(C)C)cc5c5cc(C(C)(C)C)ccc54)cc2N3c2cc(-c3ccccc3)cc(-c3ccccc3)c2)c([2H])c1[2H]. The van der Waals surface area contributed by atoms with E-state index in [0.717, 1.165) is 94.2 Å². The van der Waals surface area contributed by atoms with E-state index >= 15 is 0 Å². The number of rotatable bonds is 12. The first-order valence-corrected chi connectivity index (χ1v) is 40.8. The number of para-hydroxylation sites is 5. The first-order chi connectivity index (χ1) is 67.6. The van der Waals surface area contributed by atoms with Gasteiger partial charge in [0.2, 0.25) is 0 Å². The summed E-state index contributed by atoms with van der Waals surface area (Å²) in [6, 6.07) is 74.8. The molecule has 0 N–H and O–H groups in total. The maximum Gasteiger partial charge on any atom is 0.252 e. The van der Waals surface area contributed by atoms with Gasteiger partial charge >= 0.3 is 0 Å². The van der Waals surface area contributed by atoms with Crippen molar-refractivity contribution in [2.24, 2.45) is 0 Å². The second kappa shape index (κ2) is 28.2. The molecule has 0 atom stereocenters. The van der Waals surface area contributed by atoms with Crippen molar-refractivity contribution in [1.82, 2.24) is 13.7 Å². The van der Waals surface area contributed by atoms with E-state index in [1.54, 1.807) is 29.2 Å². The second-order valence-corrected chi connectivity index (χ2v) is 34.6. The molecule has 2 aliphatic heterocycles. The first-order valence-electron chi connectivity index (χ1n) is 51.3. The van der Waals surface area contributed by atoms with Crippen LogP contribution in [0.3, 0.4) is 0 Å². The van der Waals surface area contributed by atoms with Gasteiger partial charge in [-0.3, -0.25) is 0 Å². The van der Waals surface area contributed by atoms with Gasteiger partial charge in [-0.15, -0.1) is 0 Å². The zero-order chi connectivity index (χ0) is 100. The van der Waals surface area contributed by atoms with Crippen LogP contribution in [0.15, 0.2) is 388 Å². The minimum absolute atomic E-state index is 0.120. The monoisotopic (exact) mass is 1580 g/mol. The maximum absolute atomic E-state index is 10.5. The van der Waals surface area contributed by atoms with Crippen molar-refractivity contribution < 1.29 is 28.8 Å². The summed E-state index contributed by atoms with van der Waals surface area (Å²) < 4.78 is 207. The van der Waals surface area contributed by atoms with Crippen LogP contribution < -0.4 is 31.1 Å². The van der Waals surface area contributed by atoms with Crippen molar-refractivity contribution in [3.8, 4) is 61.6 Å². The number of aromatic nitrogens is 3. The highest BCUT2D eigenvalue weighted by atomic mass is 15.2. The Bertz CT molecular complexity index is 8500. The molecule has 20 aromatic rings. The van der Waals surface area contributed by atoms with Crippen LogP contribution in [-0.2, 0) is 16.2 Å². The molecule has 0 fully saturated rings. The molecule has 0 saturated carbocycles. The van der Waals surface area contributed by atoms with Crippen LogP contribution in [0.4, 0.5) is 51.2 Å². The molecule has 580 valence electrons. The van der Waals surface area contributed by atoms with Crippen LogP contribution in [0.2, 0.25) is 0 Å².